The zero-order chi connectivity index (χ0) is 18.6. The molecule has 0 aromatic heterocycles. The summed E-state index contributed by atoms with van der Waals surface area (Å²) in [5.74, 6) is -0.567. The molecule has 0 aliphatic rings. The van der Waals surface area contributed by atoms with Crippen LogP contribution in [-0.4, -0.2) is 20.9 Å². The van der Waals surface area contributed by atoms with Gasteiger partial charge in [0.25, 0.3) is 15.9 Å². The fourth-order valence-electron chi connectivity index (χ4n) is 2.08. The molecule has 0 saturated carbocycles. The highest BCUT2D eigenvalue weighted by molar-refractivity contribution is 7.92. The van der Waals surface area contributed by atoms with E-state index in [0.29, 0.717) is 23.6 Å². The third-order valence-electron chi connectivity index (χ3n) is 3.50. The summed E-state index contributed by atoms with van der Waals surface area (Å²) in [6, 6.07) is 9.85. The molecule has 7 heteroatoms. The lowest BCUT2D eigenvalue weighted by molar-refractivity contribution is 0.0949. The SMILES string of the molecule is Cc1ccc(S(=O)(=O)Nc2cccc(C(=O)NCC(C)C)c2)cc1F. The average molecular weight is 364 g/mol. The van der Waals surface area contributed by atoms with Gasteiger partial charge in [0.2, 0.25) is 0 Å². The molecule has 0 fully saturated rings. The Labute approximate surface area is 147 Å². The van der Waals surface area contributed by atoms with Crippen LogP contribution in [0, 0.1) is 18.7 Å². The second kappa shape index (κ2) is 7.65. The molecule has 0 aliphatic carbocycles. The van der Waals surface area contributed by atoms with Gasteiger partial charge in [0.15, 0.2) is 0 Å². The molecule has 1 amide bonds. The number of sulfonamides is 1. The first kappa shape index (κ1) is 18.9. The van der Waals surface area contributed by atoms with Crippen LogP contribution in [0.3, 0.4) is 0 Å². The first-order valence-electron chi connectivity index (χ1n) is 7.86. The van der Waals surface area contributed by atoms with Crippen LogP contribution in [0.15, 0.2) is 47.4 Å². The van der Waals surface area contributed by atoms with E-state index in [1.165, 1.54) is 24.3 Å². The quantitative estimate of drug-likeness (QED) is 0.826. The molecular weight excluding hydrogens is 343 g/mol. The molecule has 5 nitrogen and oxygen atoms in total. The molecule has 0 saturated heterocycles. The van der Waals surface area contributed by atoms with Gasteiger partial charge in [0.05, 0.1) is 4.90 Å². The number of hydrogen-bond acceptors (Lipinski definition) is 3. The Kier molecular flexibility index (Phi) is 5.79. The molecule has 0 bridgehead atoms. The zero-order valence-corrected chi connectivity index (χ0v) is 15.2. The van der Waals surface area contributed by atoms with Gasteiger partial charge in [-0.25, -0.2) is 12.8 Å². The van der Waals surface area contributed by atoms with Gasteiger partial charge in [-0.1, -0.05) is 26.0 Å². The molecule has 0 spiro atoms. The van der Waals surface area contributed by atoms with Crippen LogP contribution in [0.4, 0.5) is 10.1 Å². The zero-order valence-electron chi connectivity index (χ0n) is 14.3. The number of anilines is 1. The van der Waals surface area contributed by atoms with Crippen LogP contribution in [0.5, 0.6) is 0 Å². The second-order valence-corrected chi connectivity index (χ2v) is 7.88. The molecule has 25 heavy (non-hydrogen) atoms. The van der Waals surface area contributed by atoms with Crippen molar-refractivity contribution in [3.63, 3.8) is 0 Å². The van der Waals surface area contributed by atoms with Crippen molar-refractivity contribution in [2.45, 2.75) is 25.7 Å². The topological polar surface area (TPSA) is 75.3 Å². The Morgan fingerprint density at radius 1 is 1.16 bits per heavy atom. The maximum absolute atomic E-state index is 13.6. The third-order valence-corrected chi connectivity index (χ3v) is 4.88. The summed E-state index contributed by atoms with van der Waals surface area (Å²) >= 11 is 0. The number of rotatable bonds is 6. The molecule has 0 atom stereocenters. The third kappa shape index (κ3) is 5.03. The first-order valence-corrected chi connectivity index (χ1v) is 9.34. The van der Waals surface area contributed by atoms with Crippen LogP contribution >= 0.6 is 0 Å². The molecule has 0 heterocycles. The van der Waals surface area contributed by atoms with E-state index in [9.17, 15) is 17.6 Å². The number of halogens is 1. The summed E-state index contributed by atoms with van der Waals surface area (Å²) < 4.78 is 40.8. The number of carbonyl (C=O) groups excluding carboxylic acids is 1. The minimum absolute atomic E-state index is 0.176. The summed E-state index contributed by atoms with van der Waals surface area (Å²) in [5.41, 5.74) is 0.942. The fraction of sp³-hybridized carbons (Fsp3) is 0.278. The van der Waals surface area contributed by atoms with Crippen LogP contribution in [0.25, 0.3) is 0 Å². The van der Waals surface area contributed by atoms with Gasteiger partial charge in [-0.2, -0.15) is 0 Å². The second-order valence-electron chi connectivity index (χ2n) is 6.20. The van der Waals surface area contributed by atoms with Crippen molar-refractivity contribution in [3.05, 3.63) is 59.4 Å². The van der Waals surface area contributed by atoms with Crippen LogP contribution in [-0.2, 0) is 10.0 Å². The Hall–Kier alpha value is -2.41. The monoisotopic (exact) mass is 364 g/mol. The number of aryl methyl sites for hydroxylation is 1. The molecule has 0 radical (unpaired) electrons. The van der Waals surface area contributed by atoms with Gasteiger partial charge in [0, 0.05) is 17.8 Å². The van der Waals surface area contributed by atoms with E-state index in [0.717, 1.165) is 6.07 Å². The van der Waals surface area contributed by atoms with E-state index >= 15 is 0 Å². The number of amides is 1. The number of hydrogen-bond donors (Lipinski definition) is 2. The van der Waals surface area contributed by atoms with Crippen LogP contribution in [0.1, 0.15) is 29.8 Å². The lowest BCUT2D eigenvalue weighted by Crippen LogP contribution is -2.27. The molecule has 2 rings (SSSR count). The van der Waals surface area contributed by atoms with Gasteiger partial charge in [-0.15, -0.1) is 0 Å². The standard InChI is InChI=1S/C18H21FN2O3S/c1-12(2)11-20-18(22)14-5-4-6-15(9-14)21-25(23,24)16-8-7-13(3)17(19)10-16/h4-10,12,21H,11H2,1-3H3,(H,20,22). The van der Waals surface area contributed by atoms with Crippen LogP contribution in [0.2, 0.25) is 0 Å². The first-order chi connectivity index (χ1) is 11.7. The summed E-state index contributed by atoms with van der Waals surface area (Å²) in [6.07, 6.45) is 0. The number of carbonyl (C=O) groups is 1. The Balaban J connectivity index is 2.20. The molecule has 134 valence electrons. The average Bonchev–Trinajstić information content (AvgIpc) is 2.54. The van der Waals surface area contributed by atoms with Crippen molar-refractivity contribution >= 4 is 21.6 Å². The maximum Gasteiger partial charge on any atom is 0.261 e. The number of nitrogens with one attached hydrogen (secondary N) is 2. The lowest BCUT2D eigenvalue weighted by Gasteiger charge is -2.11. The largest absolute Gasteiger partial charge is 0.352 e. The predicted octanol–water partition coefficient (Wildman–Crippen LogP) is 3.32. The molecule has 2 N–H and O–H groups in total. The molecule has 2 aromatic carbocycles. The van der Waals surface area contributed by atoms with Gasteiger partial charge in [-0.05, 0) is 48.7 Å². The van der Waals surface area contributed by atoms with Crippen LogP contribution < -0.4 is 10.0 Å². The van der Waals surface area contributed by atoms with Gasteiger partial charge >= 0.3 is 0 Å². The van der Waals surface area contributed by atoms with Gasteiger partial charge < -0.3 is 5.32 Å². The highest BCUT2D eigenvalue weighted by Gasteiger charge is 2.16. The van der Waals surface area contributed by atoms with Crippen molar-refractivity contribution in [3.8, 4) is 0 Å². The predicted molar refractivity (Wildman–Crippen MR) is 95.6 cm³/mol. The minimum Gasteiger partial charge on any atom is -0.352 e. The summed E-state index contributed by atoms with van der Waals surface area (Å²) in [7, 11) is -3.94. The Morgan fingerprint density at radius 2 is 1.88 bits per heavy atom. The highest BCUT2D eigenvalue weighted by atomic mass is 32.2. The van der Waals surface area contributed by atoms with E-state index in [4.69, 9.17) is 0 Å². The normalized spacial score (nSPS) is 11.4. The van der Waals surface area contributed by atoms with E-state index in [-0.39, 0.29) is 16.5 Å². The van der Waals surface area contributed by atoms with E-state index in [1.54, 1.807) is 19.1 Å². The summed E-state index contributed by atoms with van der Waals surface area (Å²) in [4.78, 5) is 11.9. The summed E-state index contributed by atoms with van der Waals surface area (Å²) in [6.45, 7) is 6.03. The number of benzene rings is 2. The maximum atomic E-state index is 13.6. The van der Waals surface area contributed by atoms with E-state index in [1.807, 2.05) is 13.8 Å². The highest BCUT2D eigenvalue weighted by Crippen LogP contribution is 2.19. The van der Waals surface area contributed by atoms with Crippen molar-refractivity contribution in [1.29, 1.82) is 0 Å². The molecule has 0 unspecified atom stereocenters. The van der Waals surface area contributed by atoms with Gasteiger partial charge in [-0.3, -0.25) is 9.52 Å². The lowest BCUT2D eigenvalue weighted by atomic mass is 10.1. The van der Waals surface area contributed by atoms with Gasteiger partial charge in [0.1, 0.15) is 5.82 Å². The van der Waals surface area contributed by atoms with Crippen molar-refractivity contribution in [2.75, 3.05) is 11.3 Å². The smallest absolute Gasteiger partial charge is 0.261 e. The fourth-order valence-corrected chi connectivity index (χ4v) is 3.14. The Morgan fingerprint density at radius 3 is 2.52 bits per heavy atom. The molecule has 0 aliphatic heterocycles. The van der Waals surface area contributed by atoms with Crippen molar-refractivity contribution in [1.82, 2.24) is 5.32 Å². The molecular formula is C18H21FN2O3S. The van der Waals surface area contributed by atoms with Crippen molar-refractivity contribution in [2.24, 2.45) is 5.92 Å². The van der Waals surface area contributed by atoms with E-state index < -0.39 is 15.8 Å². The Bertz CT molecular complexity index is 880. The van der Waals surface area contributed by atoms with E-state index in [2.05, 4.69) is 10.0 Å². The minimum atomic E-state index is -3.94. The molecule has 2 aromatic rings. The van der Waals surface area contributed by atoms with Crippen molar-refractivity contribution < 1.29 is 17.6 Å². The summed E-state index contributed by atoms with van der Waals surface area (Å²) in [5, 5.41) is 2.77.